The molecule has 0 saturated heterocycles. The van der Waals surface area contributed by atoms with Gasteiger partial charge in [-0.3, -0.25) is 9.59 Å². The van der Waals surface area contributed by atoms with E-state index < -0.39 is 5.97 Å². The minimum atomic E-state index is -0.875. The molecule has 1 aliphatic rings. The van der Waals surface area contributed by atoms with E-state index in [1.54, 1.807) is 7.05 Å². The summed E-state index contributed by atoms with van der Waals surface area (Å²) in [4.78, 5) is 23.1. The molecule has 1 rings (SSSR count). The molecule has 0 bridgehead atoms. The van der Waals surface area contributed by atoms with E-state index in [1.165, 1.54) is 4.90 Å². The quantitative estimate of drug-likeness (QED) is 0.616. The molecule has 1 fully saturated rings. The summed E-state index contributed by atoms with van der Waals surface area (Å²) in [6.07, 6.45) is 2.30. The topological polar surface area (TPSA) is 69.6 Å². The molecule has 1 amide bonds. The Morgan fingerprint density at radius 2 is 2.14 bits per heavy atom. The van der Waals surface area contributed by atoms with Crippen molar-refractivity contribution in [2.45, 2.75) is 25.3 Å². The largest absolute Gasteiger partial charge is 0.481 e. The number of amides is 1. The molecule has 5 nitrogen and oxygen atoms in total. The molecule has 0 heterocycles. The van der Waals surface area contributed by atoms with Gasteiger partial charge in [-0.1, -0.05) is 0 Å². The van der Waals surface area contributed by atoms with Crippen LogP contribution >= 0.6 is 0 Å². The highest BCUT2D eigenvalue weighted by molar-refractivity contribution is 5.78. The van der Waals surface area contributed by atoms with Gasteiger partial charge in [-0.15, -0.1) is 0 Å². The van der Waals surface area contributed by atoms with Crippen molar-refractivity contribution < 1.29 is 14.7 Å². The van der Waals surface area contributed by atoms with Crippen molar-refractivity contribution in [3.8, 4) is 0 Å². The zero-order chi connectivity index (χ0) is 10.6. The number of rotatable bonds is 6. The SMILES string of the molecule is CN(CCC(=O)O)C(=O)CNC1CC1. The maximum absolute atomic E-state index is 11.4. The molecule has 0 radical (unpaired) electrons. The van der Waals surface area contributed by atoms with E-state index in [0.29, 0.717) is 12.6 Å². The van der Waals surface area contributed by atoms with Crippen LogP contribution in [0.25, 0.3) is 0 Å². The van der Waals surface area contributed by atoms with E-state index >= 15 is 0 Å². The molecule has 0 aliphatic heterocycles. The van der Waals surface area contributed by atoms with Gasteiger partial charge in [-0.25, -0.2) is 0 Å². The van der Waals surface area contributed by atoms with E-state index in [0.717, 1.165) is 12.8 Å². The highest BCUT2D eigenvalue weighted by Crippen LogP contribution is 2.18. The van der Waals surface area contributed by atoms with Crippen LogP contribution in [-0.2, 0) is 9.59 Å². The fraction of sp³-hybridized carbons (Fsp3) is 0.778. The number of carboxylic acid groups (broad SMARTS) is 1. The number of nitrogens with one attached hydrogen (secondary N) is 1. The lowest BCUT2D eigenvalue weighted by molar-refractivity contribution is -0.138. The smallest absolute Gasteiger partial charge is 0.305 e. The van der Waals surface area contributed by atoms with E-state index in [2.05, 4.69) is 5.32 Å². The highest BCUT2D eigenvalue weighted by atomic mass is 16.4. The van der Waals surface area contributed by atoms with Crippen molar-refractivity contribution in [3.63, 3.8) is 0 Å². The molecule has 1 saturated carbocycles. The molecule has 5 heteroatoms. The summed E-state index contributed by atoms with van der Waals surface area (Å²) in [6.45, 7) is 0.599. The number of carboxylic acids is 1. The Morgan fingerprint density at radius 1 is 1.50 bits per heavy atom. The summed E-state index contributed by atoms with van der Waals surface area (Å²) in [7, 11) is 1.62. The first kappa shape index (κ1) is 11.0. The second kappa shape index (κ2) is 4.95. The number of hydrogen-bond acceptors (Lipinski definition) is 3. The maximum Gasteiger partial charge on any atom is 0.305 e. The average Bonchev–Trinajstić information content (AvgIpc) is 2.93. The van der Waals surface area contributed by atoms with Gasteiger partial charge in [0.15, 0.2) is 0 Å². The third kappa shape index (κ3) is 4.23. The van der Waals surface area contributed by atoms with Crippen LogP contribution < -0.4 is 5.32 Å². The third-order valence-electron chi connectivity index (χ3n) is 2.21. The van der Waals surface area contributed by atoms with Gasteiger partial charge >= 0.3 is 5.97 Å². The molecular formula is C9H16N2O3. The lowest BCUT2D eigenvalue weighted by atomic mass is 10.4. The molecular weight excluding hydrogens is 184 g/mol. The Kier molecular flexibility index (Phi) is 3.88. The molecule has 0 aromatic heterocycles. The lowest BCUT2D eigenvalue weighted by Gasteiger charge is -2.16. The van der Waals surface area contributed by atoms with E-state index in [9.17, 15) is 9.59 Å². The van der Waals surface area contributed by atoms with E-state index in [-0.39, 0.29) is 18.9 Å². The van der Waals surface area contributed by atoms with Gasteiger partial charge in [-0.2, -0.15) is 0 Å². The van der Waals surface area contributed by atoms with Crippen molar-refractivity contribution in [1.82, 2.24) is 10.2 Å². The Hall–Kier alpha value is -1.10. The fourth-order valence-electron chi connectivity index (χ4n) is 1.04. The van der Waals surface area contributed by atoms with Gasteiger partial charge in [0, 0.05) is 19.6 Å². The Balaban J connectivity index is 2.10. The number of carbonyl (C=O) groups is 2. The minimum absolute atomic E-state index is 0.00562. The van der Waals surface area contributed by atoms with Crippen LogP contribution in [-0.4, -0.2) is 48.1 Å². The van der Waals surface area contributed by atoms with Crippen molar-refractivity contribution in [1.29, 1.82) is 0 Å². The summed E-state index contributed by atoms with van der Waals surface area (Å²) in [5.41, 5.74) is 0. The van der Waals surface area contributed by atoms with Gasteiger partial charge in [0.05, 0.1) is 13.0 Å². The molecule has 0 aromatic rings. The van der Waals surface area contributed by atoms with Crippen LogP contribution in [0, 0.1) is 0 Å². The van der Waals surface area contributed by atoms with Crippen LogP contribution in [0.5, 0.6) is 0 Å². The maximum atomic E-state index is 11.4. The number of nitrogens with zero attached hydrogens (tertiary/aromatic N) is 1. The number of likely N-dealkylation sites (N-methyl/N-ethyl adjacent to an activating group) is 1. The van der Waals surface area contributed by atoms with Crippen LogP contribution in [0.15, 0.2) is 0 Å². The second-order valence-electron chi connectivity index (χ2n) is 3.61. The number of hydrogen-bond donors (Lipinski definition) is 2. The van der Waals surface area contributed by atoms with Crippen molar-refractivity contribution in [2.24, 2.45) is 0 Å². The van der Waals surface area contributed by atoms with Crippen LogP contribution in [0.1, 0.15) is 19.3 Å². The Labute approximate surface area is 83.1 Å². The first-order chi connectivity index (χ1) is 6.59. The predicted molar refractivity (Wildman–Crippen MR) is 50.9 cm³/mol. The monoisotopic (exact) mass is 200 g/mol. The number of carbonyl (C=O) groups excluding carboxylic acids is 1. The standard InChI is InChI=1S/C9H16N2O3/c1-11(5-4-9(13)14)8(12)6-10-7-2-3-7/h7,10H,2-6H2,1H3,(H,13,14). The Bertz CT molecular complexity index is 226. The van der Waals surface area contributed by atoms with Crippen molar-refractivity contribution in [2.75, 3.05) is 20.1 Å². The summed E-state index contributed by atoms with van der Waals surface area (Å²) < 4.78 is 0. The molecule has 0 aromatic carbocycles. The van der Waals surface area contributed by atoms with Gasteiger partial charge in [-0.05, 0) is 12.8 Å². The number of aliphatic carboxylic acids is 1. The van der Waals surface area contributed by atoms with Crippen LogP contribution in [0.2, 0.25) is 0 Å². The molecule has 1 aliphatic carbocycles. The Morgan fingerprint density at radius 3 is 2.64 bits per heavy atom. The van der Waals surface area contributed by atoms with Crippen molar-refractivity contribution in [3.05, 3.63) is 0 Å². The second-order valence-corrected chi connectivity index (χ2v) is 3.61. The average molecular weight is 200 g/mol. The van der Waals surface area contributed by atoms with Gasteiger partial charge < -0.3 is 15.3 Å². The van der Waals surface area contributed by atoms with Crippen LogP contribution in [0.3, 0.4) is 0 Å². The molecule has 80 valence electrons. The first-order valence-corrected chi connectivity index (χ1v) is 4.78. The highest BCUT2D eigenvalue weighted by Gasteiger charge is 2.21. The summed E-state index contributed by atoms with van der Waals surface area (Å²) >= 11 is 0. The summed E-state index contributed by atoms with van der Waals surface area (Å²) in [6, 6.07) is 0.506. The normalized spacial score (nSPS) is 15.2. The van der Waals surface area contributed by atoms with Gasteiger partial charge in [0.1, 0.15) is 0 Å². The molecule has 0 unspecified atom stereocenters. The van der Waals surface area contributed by atoms with Gasteiger partial charge in [0.2, 0.25) is 5.91 Å². The summed E-state index contributed by atoms with van der Waals surface area (Å²) in [5.74, 6) is -0.919. The summed E-state index contributed by atoms with van der Waals surface area (Å²) in [5, 5.41) is 11.5. The van der Waals surface area contributed by atoms with E-state index in [1.807, 2.05) is 0 Å². The first-order valence-electron chi connectivity index (χ1n) is 4.78. The minimum Gasteiger partial charge on any atom is -0.481 e. The van der Waals surface area contributed by atoms with Crippen molar-refractivity contribution >= 4 is 11.9 Å². The lowest BCUT2D eigenvalue weighted by Crippen LogP contribution is -2.37. The third-order valence-corrected chi connectivity index (χ3v) is 2.21. The molecule has 2 N–H and O–H groups in total. The zero-order valence-corrected chi connectivity index (χ0v) is 8.32. The fourth-order valence-corrected chi connectivity index (χ4v) is 1.04. The van der Waals surface area contributed by atoms with Gasteiger partial charge in [0.25, 0.3) is 0 Å². The van der Waals surface area contributed by atoms with E-state index in [4.69, 9.17) is 5.11 Å². The zero-order valence-electron chi connectivity index (χ0n) is 8.32. The molecule has 0 atom stereocenters. The van der Waals surface area contributed by atoms with Crippen LogP contribution in [0.4, 0.5) is 0 Å². The predicted octanol–water partition coefficient (Wildman–Crippen LogP) is -0.328. The molecule has 14 heavy (non-hydrogen) atoms. The molecule has 0 spiro atoms.